The molecule has 2 nitrogen and oxygen atoms in total. The molecule has 0 fully saturated rings. The molecule has 0 aliphatic rings. The monoisotopic (exact) mass is 184 g/mol. The van der Waals surface area contributed by atoms with Gasteiger partial charge in [-0.2, -0.15) is 0 Å². The van der Waals surface area contributed by atoms with Gasteiger partial charge in [0.1, 0.15) is 4.62 Å². The normalized spacial score (nSPS) is 9.00. The smallest absolute Gasteiger partial charge is 0.105 e. The Morgan fingerprint density at radius 1 is 1.67 bits per heavy atom. The van der Waals surface area contributed by atoms with E-state index in [-0.39, 0.29) is 0 Å². The molecule has 0 bridgehead atoms. The Hall–Kier alpha value is -0.700. The zero-order valence-electron chi connectivity index (χ0n) is 4.63. The topological polar surface area (TPSA) is 36.7 Å². The maximum atomic E-state index is 7.11. The van der Waals surface area contributed by atoms with Crippen LogP contribution in [-0.4, -0.2) is 9.60 Å². The number of halogens is 1. The highest BCUT2D eigenvalue weighted by molar-refractivity contribution is 9.18. The molecule has 1 aromatic heterocycles. The number of rotatable bonds is 1. The Balaban J connectivity index is 2.98. The van der Waals surface area contributed by atoms with Gasteiger partial charge in [0.25, 0.3) is 0 Å². The van der Waals surface area contributed by atoms with Crippen LogP contribution >= 0.6 is 15.9 Å². The molecule has 0 spiro atoms. The first kappa shape index (κ1) is 6.42. The lowest BCUT2D eigenvalue weighted by atomic mass is 10.3. The summed E-state index contributed by atoms with van der Waals surface area (Å²) < 4.78 is 0.371. The Bertz CT molecular complexity index is 208. The van der Waals surface area contributed by atoms with Gasteiger partial charge in [0.15, 0.2) is 0 Å². The van der Waals surface area contributed by atoms with Gasteiger partial charge in [-0.05, 0) is 28.1 Å². The van der Waals surface area contributed by atoms with Crippen LogP contribution in [0.2, 0.25) is 0 Å². The van der Waals surface area contributed by atoms with Crippen molar-refractivity contribution < 1.29 is 0 Å². The Morgan fingerprint density at radius 3 is 2.78 bits per heavy atom. The Labute approximate surface area is 61.6 Å². The largest absolute Gasteiger partial charge is 0.293 e. The number of hydrogen-bond acceptors (Lipinski definition) is 2. The fraction of sp³-hybridized carbons (Fsp3) is 0. The van der Waals surface area contributed by atoms with Crippen molar-refractivity contribution in [1.82, 2.24) is 4.98 Å². The molecule has 0 amide bonds. The van der Waals surface area contributed by atoms with Gasteiger partial charge in [-0.25, -0.2) is 0 Å². The average molecular weight is 185 g/mol. The van der Waals surface area contributed by atoms with Crippen LogP contribution < -0.4 is 0 Å². The molecule has 0 aromatic carbocycles. The van der Waals surface area contributed by atoms with Crippen molar-refractivity contribution in [1.29, 1.82) is 5.41 Å². The molecule has 0 saturated carbocycles. The minimum absolute atomic E-state index is 0.371. The standard InChI is InChI=1S/C6H5BrN2/c7-6(8)5-2-1-3-9-4-5/h1-4,8H. The third kappa shape index (κ3) is 1.61. The second-order valence-corrected chi connectivity index (χ2v) is 2.35. The van der Waals surface area contributed by atoms with Gasteiger partial charge in [0.05, 0.1) is 0 Å². The van der Waals surface area contributed by atoms with Crippen LogP contribution in [0.3, 0.4) is 0 Å². The fourth-order valence-corrected chi connectivity index (χ4v) is 0.727. The summed E-state index contributed by atoms with van der Waals surface area (Å²) >= 11 is 3.03. The van der Waals surface area contributed by atoms with E-state index in [1.54, 1.807) is 18.5 Å². The van der Waals surface area contributed by atoms with Gasteiger partial charge in [-0.15, -0.1) is 0 Å². The molecule has 0 aliphatic carbocycles. The number of nitrogens with one attached hydrogen (secondary N) is 1. The molecule has 0 radical (unpaired) electrons. The lowest BCUT2D eigenvalue weighted by Crippen LogP contribution is -1.86. The minimum atomic E-state index is 0.371. The van der Waals surface area contributed by atoms with Crippen molar-refractivity contribution in [3.05, 3.63) is 30.1 Å². The fourth-order valence-electron chi connectivity index (χ4n) is 0.493. The third-order valence-corrected chi connectivity index (χ3v) is 1.37. The van der Waals surface area contributed by atoms with Crippen LogP contribution in [-0.2, 0) is 0 Å². The first-order valence-electron chi connectivity index (χ1n) is 2.45. The number of nitrogens with zero attached hydrogens (tertiary/aromatic N) is 1. The summed E-state index contributed by atoms with van der Waals surface area (Å²) in [6, 6.07) is 3.62. The third-order valence-electron chi connectivity index (χ3n) is 0.915. The van der Waals surface area contributed by atoms with Crippen molar-refractivity contribution in [3.8, 4) is 0 Å². The van der Waals surface area contributed by atoms with Crippen molar-refractivity contribution >= 4 is 20.6 Å². The highest BCUT2D eigenvalue weighted by atomic mass is 79.9. The molecular weight excluding hydrogens is 180 g/mol. The number of pyridine rings is 1. The summed E-state index contributed by atoms with van der Waals surface area (Å²) in [4.78, 5) is 3.84. The predicted octanol–water partition coefficient (Wildman–Crippen LogP) is 1.80. The van der Waals surface area contributed by atoms with Crippen LogP contribution in [0.4, 0.5) is 0 Å². The van der Waals surface area contributed by atoms with E-state index in [0.29, 0.717) is 4.62 Å². The average Bonchev–Trinajstić information content (AvgIpc) is 1.90. The molecule has 1 N–H and O–H groups in total. The summed E-state index contributed by atoms with van der Waals surface area (Å²) in [6.45, 7) is 0. The van der Waals surface area contributed by atoms with Crippen molar-refractivity contribution in [2.75, 3.05) is 0 Å². The molecular formula is C6H5BrN2. The molecule has 0 saturated heterocycles. The molecule has 3 heteroatoms. The van der Waals surface area contributed by atoms with E-state index in [9.17, 15) is 0 Å². The summed E-state index contributed by atoms with van der Waals surface area (Å²) in [5, 5.41) is 7.11. The molecule has 1 rings (SSSR count). The van der Waals surface area contributed by atoms with E-state index in [1.807, 2.05) is 6.07 Å². The van der Waals surface area contributed by atoms with Crippen molar-refractivity contribution in [2.45, 2.75) is 0 Å². The van der Waals surface area contributed by atoms with Gasteiger partial charge in [0, 0.05) is 18.0 Å². The van der Waals surface area contributed by atoms with E-state index in [2.05, 4.69) is 20.9 Å². The second-order valence-electron chi connectivity index (χ2n) is 1.56. The van der Waals surface area contributed by atoms with Gasteiger partial charge >= 0.3 is 0 Å². The molecule has 0 aliphatic heterocycles. The zero-order chi connectivity index (χ0) is 6.69. The lowest BCUT2D eigenvalue weighted by Gasteiger charge is -1.90. The quantitative estimate of drug-likeness (QED) is 0.665. The lowest BCUT2D eigenvalue weighted by molar-refractivity contribution is 1.31. The first-order valence-corrected chi connectivity index (χ1v) is 3.24. The maximum absolute atomic E-state index is 7.11. The zero-order valence-corrected chi connectivity index (χ0v) is 6.22. The minimum Gasteiger partial charge on any atom is -0.293 e. The highest BCUT2D eigenvalue weighted by Crippen LogP contribution is 2.00. The van der Waals surface area contributed by atoms with E-state index >= 15 is 0 Å². The molecule has 46 valence electrons. The maximum Gasteiger partial charge on any atom is 0.105 e. The van der Waals surface area contributed by atoms with Crippen LogP contribution in [0, 0.1) is 5.41 Å². The van der Waals surface area contributed by atoms with Crippen molar-refractivity contribution in [2.24, 2.45) is 0 Å². The van der Waals surface area contributed by atoms with Crippen LogP contribution in [0.5, 0.6) is 0 Å². The molecule has 9 heavy (non-hydrogen) atoms. The van der Waals surface area contributed by atoms with Gasteiger partial charge in [-0.1, -0.05) is 0 Å². The summed E-state index contributed by atoms with van der Waals surface area (Å²) in [5.74, 6) is 0. The Kier molecular flexibility index (Phi) is 1.95. The molecule has 1 heterocycles. The van der Waals surface area contributed by atoms with Gasteiger partial charge in [-0.3, -0.25) is 10.4 Å². The summed E-state index contributed by atoms with van der Waals surface area (Å²) in [5.41, 5.74) is 0.803. The molecule has 0 unspecified atom stereocenters. The molecule has 0 atom stereocenters. The summed E-state index contributed by atoms with van der Waals surface area (Å²) in [6.07, 6.45) is 3.32. The predicted molar refractivity (Wildman–Crippen MR) is 40.0 cm³/mol. The van der Waals surface area contributed by atoms with Crippen molar-refractivity contribution in [3.63, 3.8) is 0 Å². The van der Waals surface area contributed by atoms with E-state index in [1.165, 1.54) is 0 Å². The first-order chi connectivity index (χ1) is 4.30. The number of hydrogen-bond donors (Lipinski definition) is 1. The van der Waals surface area contributed by atoms with Gasteiger partial charge < -0.3 is 0 Å². The molecule has 1 aromatic rings. The number of aromatic nitrogens is 1. The summed E-state index contributed by atoms with van der Waals surface area (Å²) in [7, 11) is 0. The Morgan fingerprint density at radius 2 is 2.44 bits per heavy atom. The van der Waals surface area contributed by atoms with Crippen LogP contribution in [0.15, 0.2) is 24.5 Å². The SMILES string of the molecule is N=C(Br)c1cccnc1. The van der Waals surface area contributed by atoms with Crippen LogP contribution in [0.25, 0.3) is 0 Å². The van der Waals surface area contributed by atoms with Crippen LogP contribution in [0.1, 0.15) is 5.56 Å². The second kappa shape index (κ2) is 2.73. The highest BCUT2D eigenvalue weighted by Gasteiger charge is 1.91. The van der Waals surface area contributed by atoms with E-state index in [4.69, 9.17) is 5.41 Å². The van der Waals surface area contributed by atoms with E-state index < -0.39 is 0 Å². The van der Waals surface area contributed by atoms with Gasteiger partial charge in [0.2, 0.25) is 0 Å². The van der Waals surface area contributed by atoms with E-state index in [0.717, 1.165) is 5.56 Å².